The summed E-state index contributed by atoms with van der Waals surface area (Å²) in [5.41, 5.74) is 2.69. The van der Waals surface area contributed by atoms with Crippen LogP contribution in [-0.4, -0.2) is 42.4 Å². The minimum Gasteiger partial charge on any atom is -0.464 e. The van der Waals surface area contributed by atoms with Crippen molar-refractivity contribution in [1.29, 1.82) is 0 Å². The van der Waals surface area contributed by atoms with E-state index < -0.39 is 12.0 Å². The molecule has 1 aromatic heterocycles. The van der Waals surface area contributed by atoms with Gasteiger partial charge in [0.05, 0.1) is 19.4 Å². The van der Waals surface area contributed by atoms with Crippen LogP contribution in [0.4, 0.5) is 10.5 Å². The van der Waals surface area contributed by atoms with Crippen LogP contribution >= 0.6 is 0 Å². The van der Waals surface area contributed by atoms with Crippen molar-refractivity contribution in [2.24, 2.45) is 4.99 Å². The first kappa shape index (κ1) is 19.8. The van der Waals surface area contributed by atoms with Gasteiger partial charge in [-0.25, -0.2) is 14.6 Å². The molecule has 0 aliphatic heterocycles. The zero-order valence-electron chi connectivity index (χ0n) is 16.1. The molecule has 0 saturated heterocycles. The number of anilines is 1. The Morgan fingerprint density at radius 3 is 2.64 bits per heavy atom. The van der Waals surface area contributed by atoms with Crippen molar-refractivity contribution in [3.8, 4) is 0 Å². The Labute approximate surface area is 163 Å². The van der Waals surface area contributed by atoms with Gasteiger partial charge in [-0.2, -0.15) is 4.99 Å². The molecule has 2 aromatic rings. The third kappa shape index (κ3) is 4.45. The van der Waals surface area contributed by atoms with Gasteiger partial charge in [0.1, 0.15) is 0 Å². The van der Waals surface area contributed by atoms with Crippen LogP contribution in [0.25, 0.3) is 0 Å². The number of nitrogens with zero attached hydrogens (tertiary/aromatic N) is 3. The Bertz CT molecular complexity index is 922. The van der Waals surface area contributed by atoms with E-state index in [1.54, 1.807) is 19.2 Å². The van der Waals surface area contributed by atoms with Crippen molar-refractivity contribution >= 4 is 17.7 Å². The summed E-state index contributed by atoms with van der Waals surface area (Å²) in [6, 6.07) is 8.43. The van der Waals surface area contributed by atoms with Crippen molar-refractivity contribution in [1.82, 2.24) is 9.55 Å². The molecule has 8 nitrogen and oxygen atoms in total. The number of urea groups is 1. The van der Waals surface area contributed by atoms with Gasteiger partial charge in [-0.05, 0) is 37.8 Å². The van der Waals surface area contributed by atoms with Gasteiger partial charge in [-0.15, -0.1) is 0 Å². The lowest BCUT2D eigenvalue weighted by molar-refractivity contribution is 0.0589. The SMILES string of the molecule is COCCn1c2c(nc(C(=O)OC)c1=NC(=O)Nc1ccccc1)CCCC2. The summed E-state index contributed by atoms with van der Waals surface area (Å²) >= 11 is 0. The van der Waals surface area contributed by atoms with Gasteiger partial charge in [0.15, 0.2) is 11.2 Å². The highest BCUT2D eigenvalue weighted by Gasteiger charge is 2.23. The van der Waals surface area contributed by atoms with Gasteiger partial charge < -0.3 is 19.4 Å². The maximum Gasteiger partial charge on any atom is 0.360 e. The second kappa shape index (κ2) is 9.27. The number of hydrogen-bond acceptors (Lipinski definition) is 5. The second-order valence-corrected chi connectivity index (χ2v) is 6.43. The summed E-state index contributed by atoms with van der Waals surface area (Å²) in [4.78, 5) is 33.6. The molecule has 0 saturated carbocycles. The molecular weight excluding hydrogens is 360 g/mol. The van der Waals surface area contributed by atoms with Gasteiger partial charge in [-0.3, -0.25) is 0 Å². The summed E-state index contributed by atoms with van der Waals surface area (Å²) in [5, 5.41) is 2.71. The van der Waals surface area contributed by atoms with Crippen LogP contribution in [0.5, 0.6) is 0 Å². The summed E-state index contributed by atoms with van der Waals surface area (Å²) < 4.78 is 12.0. The molecule has 28 heavy (non-hydrogen) atoms. The van der Waals surface area contributed by atoms with E-state index in [9.17, 15) is 9.59 Å². The van der Waals surface area contributed by atoms with E-state index in [1.807, 2.05) is 22.8 Å². The number of esters is 1. The van der Waals surface area contributed by atoms with Gasteiger partial charge in [-0.1, -0.05) is 18.2 Å². The molecule has 0 atom stereocenters. The molecule has 1 aromatic carbocycles. The Morgan fingerprint density at radius 1 is 1.18 bits per heavy atom. The smallest absolute Gasteiger partial charge is 0.360 e. The number of benzene rings is 1. The fraction of sp³-hybridized carbons (Fsp3) is 0.400. The average Bonchev–Trinajstić information content (AvgIpc) is 2.72. The van der Waals surface area contributed by atoms with Crippen molar-refractivity contribution in [2.45, 2.75) is 32.2 Å². The lowest BCUT2D eigenvalue weighted by Gasteiger charge is -2.22. The maximum atomic E-state index is 12.5. The lowest BCUT2D eigenvalue weighted by atomic mass is 9.99. The predicted molar refractivity (Wildman–Crippen MR) is 103 cm³/mol. The zero-order chi connectivity index (χ0) is 19.9. The second-order valence-electron chi connectivity index (χ2n) is 6.43. The number of fused-ring (bicyclic) bond motifs is 1. The van der Waals surface area contributed by atoms with Crippen molar-refractivity contribution in [3.05, 3.63) is 52.9 Å². The molecule has 1 aliphatic carbocycles. The molecule has 1 N–H and O–H groups in total. The topological polar surface area (TPSA) is 94.8 Å². The molecule has 0 radical (unpaired) electrons. The van der Waals surface area contributed by atoms with E-state index >= 15 is 0 Å². The molecule has 1 heterocycles. The number of amides is 2. The highest BCUT2D eigenvalue weighted by atomic mass is 16.5. The number of hydrogen-bond donors (Lipinski definition) is 1. The number of para-hydroxylation sites is 1. The lowest BCUT2D eigenvalue weighted by Crippen LogP contribution is -2.37. The van der Waals surface area contributed by atoms with Crippen molar-refractivity contribution in [2.75, 3.05) is 26.1 Å². The van der Waals surface area contributed by atoms with Crippen LogP contribution in [0.1, 0.15) is 34.7 Å². The van der Waals surface area contributed by atoms with Gasteiger partial charge in [0, 0.05) is 25.0 Å². The summed E-state index contributed by atoms with van der Waals surface area (Å²) in [6.07, 6.45) is 3.63. The molecule has 0 bridgehead atoms. The van der Waals surface area contributed by atoms with Crippen molar-refractivity contribution in [3.63, 3.8) is 0 Å². The fourth-order valence-electron chi connectivity index (χ4n) is 3.26. The Morgan fingerprint density at radius 2 is 1.93 bits per heavy atom. The molecule has 3 rings (SSSR count). The fourth-order valence-corrected chi connectivity index (χ4v) is 3.26. The van der Waals surface area contributed by atoms with Gasteiger partial charge in [0.25, 0.3) is 0 Å². The first-order chi connectivity index (χ1) is 13.6. The quantitative estimate of drug-likeness (QED) is 0.799. The van der Waals surface area contributed by atoms with Crippen LogP contribution in [0.3, 0.4) is 0 Å². The summed E-state index contributed by atoms with van der Waals surface area (Å²) in [7, 11) is 2.89. The molecular formula is C20H24N4O4. The minimum absolute atomic E-state index is 0.0439. The number of nitrogens with one attached hydrogen (secondary N) is 1. The average molecular weight is 384 g/mol. The number of rotatable bonds is 5. The number of ether oxygens (including phenoxy) is 2. The Kier molecular flexibility index (Phi) is 6.54. The molecule has 0 unspecified atom stereocenters. The standard InChI is InChI=1S/C20H24N4O4/c1-27-13-12-24-16-11-7-6-10-15(16)22-17(19(25)28-2)18(24)23-20(26)21-14-8-4-3-5-9-14/h3-5,8-9H,6-7,10-13H2,1-2H3,(H,21,26). The maximum absolute atomic E-state index is 12.5. The minimum atomic E-state index is -0.620. The van der Waals surface area contributed by atoms with E-state index in [2.05, 4.69) is 15.3 Å². The monoisotopic (exact) mass is 384 g/mol. The molecule has 2 amide bonds. The first-order valence-corrected chi connectivity index (χ1v) is 9.24. The third-order valence-corrected chi connectivity index (χ3v) is 4.58. The number of aryl methyl sites for hydroxylation is 1. The highest BCUT2D eigenvalue weighted by Crippen LogP contribution is 2.19. The Hall–Kier alpha value is -3.00. The number of methoxy groups -OCH3 is 2. The van der Waals surface area contributed by atoms with E-state index in [1.165, 1.54) is 7.11 Å². The number of aromatic nitrogens is 2. The van der Waals surface area contributed by atoms with Crippen LogP contribution in [-0.2, 0) is 28.9 Å². The van der Waals surface area contributed by atoms with Crippen LogP contribution in [0, 0.1) is 0 Å². The molecule has 1 aliphatic rings. The third-order valence-electron chi connectivity index (χ3n) is 4.58. The van der Waals surface area contributed by atoms with Crippen LogP contribution in [0.15, 0.2) is 35.3 Å². The van der Waals surface area contributed by atoms with Gasteiger partial charge >= 0.3 is 12.0 Å². The summed E-state index contributed by atoms with van der Waals surface area (Å²) in [6.45, 7) is 0.882. The predicted octanol–water partition coefficient (Wildman–Crippen LogP) is 2.33. The number of carbonyl (C=O) groups excluding carboxylic acids is 2. The molecule has 0 spiro atoms. The van der Waals surface area contributed by atoms with E-state index in [-0.39, 0.29) is 11.2 Å². The van der Waals surface area contributed by atoms with Gasteiger partial charge in [0.2, 0.25) is 0 Å². The van der Waals surface area contributed by atoms with E-state index in [0.717, 1.165) is 37.1 Å². The highest BCUT2D eigenvalue weighted by molar-refractivity contribution is 5.91. The van der Waals surface area contributed by atoms with Crippen LogP contribution in [0.2, 0.25) is 0 Å². The van der Waals surface area contributed by atoms with E-state index in [0.29, 0.717) is 18.8 Å². The molecule has 8 heteroatoms. The first-order valence-electron chi connectivity index (χ1n) is 9.24. The van der Waals surface area contributed by atoms with E-state index in [4.69, 9.17) is 9.47 Å². The Balaban J connectivity index is 2.12. The molecule has 148 valence electrons. The zero-order valence-corrected chi connectivity index (χ0v) is 16.1. The normalized spacial score (nSPS) is 13.7. The van der Waals surface area contributed by atoms with Crippen molar-refractivity contribution < 1.29 is 19.1 Å². The number of carbonyl (C=O) groups is 2. The molecule has 0 fully saturated rings. The summed E-state index contributed by atoms with van der Waals surface area (Å²) in [5.74, 6) is -0.620. The largest absolute Gasteiger partial charge is 0.464 e. The van der Waals surface area contributed by atoms with Crippen LogP contribution < -0.4 is 10.8 Å².